The van der Waals surface area contributed by atoms with E-state index in [1.165, 1.54) is 0 Å². The Morgan fingerprint density at radius 3 is 2.64 bits per heavy atom. The van der Waals surface area contributed by atoms with E-state index in [0.717, 1.165) is 16.9 Å². The van der Waals surface area contributed by atoms with Gasteiger partial charge in [0.1, 0.15) is 11.2 Å². The summed E-state index contributed by atoms with van der Waals surface area (Å²) in [5, 5.41) is 4.42. The van der Waals surface area contributed by atoms with Crippen molar-refractivity contribution in [2.24, 2.45) is 0 Å². The molecule has 0 radical (unpaired) electrons. The molecule has 0 fully saturated rings. The van der Waals surface area contributed by atoms with E-state index in [4.69, 9.17) is 4.74 Å². The Kier molecular flexibility index (Phi) is 4.45. The van der Waals surface area contributed by atoms with Crippen molar-refractivity contribution >= 4 is 11.7 Å². The Balaban J connectivity index is 1.73. The average molecular weight is 380 g/mol. The number of amides is 1. The van der Waals surface area contributed by atoms with Crippen molar-refractivity contribution in [1.29, 1.82) is 0 Å². The monoisotopic (exact) mass is 380 g/mol. The molecule has 2 aromatic heterocycles. The molecule has 0 bridgehead atoms. The number of hydrogen-bond acceptors (Lipinski definition) is 4. The number of benzene rings is 1. The van der Waals surface area contributed by atoms with E-state index in [0.29, 0.717) is 31.6 Å². The fourth-order valence-electron chi connectivity index (χ4n) is 3.55. The van der Waals surface area contributed by atoms with E-state index in [9.17, 15) is 9.59 Å². The van der Waals surface area contributed by atoms with E-state index >= 15 is 0 Å². The molecule has 7 nitrogen and oxygen atoms in total. The molecule has 0 atom stereocenters. The maximum Gasteiger partial charge on any atom is 0.410 e. The van der Waals surface area contributed by atoms with Crippen LogP contribution in [0.3, 0.4) is 0 Å². The number of carbonyl (C=O) groups is 1. The number of nitrogens with zero attached hydrogens (tertiary/aromatic N) is 4. The van der Waals surface area contributed by atoms with Gasteiger partial charge in [-0.1, -0.05) is 30.3 Å². The molecule has 0 spiro atoms. The third kappa shape index (κ3) is 3.40. The lowest BCUT2D eigenvalue weighted by molar-refractivity contribution is 0.0218. The van der Waals surface area contributed by atoms with Crippen LogP contribution >= 0.6 is 0 Å². The SMILES string of the molecule is CC(C)(C)OC(=O)N1CCc2c(n3nccc3n(Cc3ccccc3)c2=O)C1. The Hall–Kier alpha value is -3.09. The smallest absolute Gasteiger partial charge is 0.410 e. The summed E-state index contributed by atoms with van der Waals surface area (Å²) in [5.74, 6) is 0. The third-order valence-corrected chi connectivity index (χ3v) is 4.81. The van der Waals surface area contributed by atoms with Gasteiger partial charge in [-0.25, -0.2) is 9.31 Å². The van der Waals surface area contributed by atoms with Gasteiger partial charge in [-0.3, -0.25) is 9.36 Å². The van der Waals surface area contributed by atoms with Crippen molar-refractivity contribution < 1.29 is 9.53 Å². The predicted molar refractivity (Wildman–Crippen MR) is 105 cm³/mol. The number of rotatable bonds is 2. The summed E-state index contributed by atoms with van der Waals surface area (Å²) < 4.78 is 9.02. The summed E-state index contributed by atoms with van der Waals surface area (Å²) in [7, 11) is 0. The zero-order chi connectivity index (χ0) is 19.9. The number of carbonyl (C=O) groups excluding carboxylic acids is 1. The van der Waals surface area contributed by atoms with Crippen LogP contribution in [0, 0.1) is 0 Å². The van der Waals surface area contributed by atoms with Crippen LogP contribution in [0.15, 0.2) is 47.4 Å². The Morgan fingerprint density at radius 1 is 1.18 bits per heavy atom. The molecule has 0 saturated carbocycles. The van der Waals surface area contributed by atoms with Crippen LogP contribution in [-0.2, 0) is 24.2 Å². The molecular weight excluding hydrogens is 356 g/mol. The molecule has 1 aliphatic rings. The van der Waals surface area contributed by atoms with E-state index in [-0.39, 0.29) is 11.7 Å². The second kappa shape index (κ2) is 6.82. The molecule has 1 aliphatic heterocycles. The first-order valence-corrected chi connectivity index (χ1v) is 9.43. The zero-order valence-electron chi connectivity index (χ0n) is 16.4. The van der Waals surface area contributed by atoms with Crippen LogP contribution in [0.2, 0.25) is 0 Å². The molecule has 28 heavy (non-hydrogen) atoms. The molecule has 1 amide bonds. The molecule has 4 rings (SSSR count). The van der Waals surface area contributed by atoms with Crippen molar-refractivity contribution in [3.8, 4) is 0 Å². The second-order valence-electron chi connectivity index (χ2n) is 8.06. The van der Waals surface area contributed by atoms with Gasteiger partial charge in [0, 0.05) is 18.2 Å². The highest BCUT2D eigenvalue weighted by Gasteiger charge is 2.29. The van der Waals surface area contributed by atoms with Gasteiger partial charge in [0.25, 0.3) is 5.56 Å². The standard InChI is InChI=1S/C21H24N4O3/c1-21(2,3)28-20(27)23-12-10-16-17(14-23)25-18(9-11-22-25)24(19(16)26)13-15-7-5-4-6-8-15/h4-9,11H,10,12-14H2,1-3H3. The summed E-state index contributed by atoms with van der Waals surface area (Å²) in [4.78, 5) is 27.3. The Labute approximate surface area is 163 Å². The topological polar surface area (TPSA) is 68.8 Å². The van der Waals surface area contributed by atoms with Gasteiger partial charge in [0.2, 0.25) is 0 Å². The highest BCUT2D eigenvalue weighted by Crippen LogP contribution is 2.20. The lowest BCUT2D eigenvalue weighted by atomic mass is 10.1. The molecule has 3 aromatic rings. The number of ether oxygens (including phenoxy) is 1. The lowest BCUT2D eigenvalue weighted by Crippen LogP contribution is -2.43. The first-order chi connectivity index (χ1) is 13.3. The van der Waals surface area contributed by atoms with E-state index < -0.39 is 5.60 Å². The van der Waals surface area contributed by atoms with Crippen LogP contribution in [-0.4, -0.2) is 37.3 Å². The largest absolute Gasteiger partial charge is 0.444 e. The molecule has 0 saturated heterocycles. The molecule has 146 valence electrons. The summed E-state index contributed by atoms with van der Waals surface area (Å²) >= 11 is 0. The third-order valence-electron chi connectivity index (χ3n) is 4.81. The second-order valence-corrected chi connectivity index (χ2v) is 8.06. The van der Waals surface area contributed by atoms with Crippen LogP contribution in [0.1, 0.15) is 37.6 Å². The normalized spacial score (nSPS) is 14.2. The molecule has 0 unspecified atom stereocenters. The van der Waals surface area contributed by atoms with Crippen LogP contribution in [0.4, 0.5) is 4.79 Å². The first kappa shape index (κ1) is 18.3. The molecule has 0 aliphatic carbocycles. The minimum atomic E-state index is -0.558. The predicted octanol–water partition coefficient (Wildman–Crippen LogP) is 2.84. The number of fused-ring (bicyclic) bond motifs is 3. The summed E-state index contributed by atoms with van der Waals surface area (Å²) in [6.45, 7) is 6.78. The van der Waals surface area contributed by atoms with E-state index in [1.807, 2.05) is 57.2 Å². The van der Waals surface area contributed by atoms with Crippen molar-refractivity contribution in [1.82, 2.24) is 19.1 Å². The maximum atomic E-state index is 13.2. The summed E-state index contributed by atoms with van der Waals surface area (Å²) in [6, 6.07) is 11.7. The van der Waals surface area contributed by atoms with Gasteiger partial charge in [-0.2, -0.15) is 5.10 Å². The summed E-state index contributed by atoms with van der Waals surface area (Å²) in [5.41, 5.74) is 2.67. The highest BCUT2D eigenvalue weighted by molar-refractivity contribution is 5.68. The first-order valence-electron chi connectivity index (χ1n) is 9.43. The van der Waals surface area contributed by atoms with E-state index in [2.05, 4.69) is 5.10 Å². The molecule has 7 heteroatoms. The van der Waals surface area contributed by atoms with Gasteiger partial charge < -0.3 is 9.64 Å². The fraction of sp³-hybridized carbons (Fsp3) is 0.381. The molecular formula is C21H24N4O3. The van der Waals surface area contributed by atoms with Crippen LogP contribution in [0.25, 0.3) is 5.65 Å². The molecule has 1 aromatic carbocycles. The van der Waals surface area contributed by atoms with Gasteiger partial charge in [0.15, 0.2) is 0 Å². The Bertz CT molecular complexity index is 1080. The van der Waals surface area contributed by atoms with Crippen LogP contribution in [0.5, 0.6) is 0 Å². The van der Waals surface area contributed by atoms with Crippen LogP contribution < -0.4 is 5.56 Å². The summed E-state index contributed by atoms with van der Waals surface area (Å²) in [6.07, 6.45) is 1.80. The van der Waals surface area contributed by atoms with Crippen molar-refractivity contribution in [2.75, 3.05) is 6.54 Å². The fourth-order valence-corrected chi connectivity index (χ4v) is 3.55. The highest BCUT2D eigenvalue weighted by atomic mass is 16.6. The average Bonchev–Trinajstić information content (AvgIpc) is 3.14. The van der Waals surface area contributed by atoms with Crippen molar-refractivity contribution in [3.63, 3.8) is 0 Å². The van der Waals surface area contributed by atoms with Gasteiger partial charge in [0.05, 0.1) is 25.0 Å². The van der Waals surface area contributed by atoms with Gasteiger partial charge >= 0.3 is 6.09 Å². The van der Waals surface area contributed by atoms with E-state index in [1.54, 1.807) is 20.2 Å². The zero-order valence-corrected chi connectivity index (χ0v) is 16.4. The number of aromatic nitrogens is 3. The quantitative estimate of drug-likeness (QED) is 0.686. The Morgan fingerprint density at radius 2 is 1.93 bits per heavy atom. The van der Waals surface area contributed by atoms with Gasteiger partial charge in [-0.15, -0.1) is 0 Å². The molecule has 3 heterocycles. The van der Waals surface area contributed by atoms with Crippen molar-refractivity contribution in [3.05, 3.63) is 69.8 Å². The number of hydrogen-bond donors (Lipinski definition) is 0. The minimum Gasteiger partial charge on any atom is -0.444 e. The lowest BCUT2D eigenvalue weighted by Gasteiger charge is -2.31. The van der Waals surface area contributed by atoms with Gasteiger partial charge in [-0.05, 0) is 32.8 Å². The minimum absolute atomic E-state index is 0.0179. The molecule has 0 N–H and O–H groups in total. The maximum absolute atomic E-state index is 13.2. The van der Waals surface area contributed by atoms with Crippen molar-refractivity contribution in [2.45, 2.75) is 45.9 Å².